The van der Waals surface area contributed by atoms with Crippen molar-refractivity contribution in [3.63, 3.8) is 0 Å². The van der Waals surface area contributed by atoms with Crippen LogP contribution in [0.5, 0.6) is 0 Å². The van der Waals surface area contributed by atoms with E-state index in [0.29, 0.717) is 23.9 Å². The molecule has 0 saturated carbocycles. The number of benzene rings is 2. The predicted octanol–water partition coefficient (Wildman–Crippen LogP) is 2.84. The second-order valence-corrected chi connectivity index (χ2v) is 7.80. The van der Waals surface area contributed by atoms with Gasteiger partial charge in [-0.1, -0.05) is 53.1 Å². The van der Waals surface area contributed by atoms with Crippen LogP contribution in [0.3, 0.4) is 0 Å². The third-order valence-corrected chi connectivity index (χ3v) is 5.37. The normalized spacial score (nSPS) is 15.7. The molecular formula is C23H27N5O2. The zero-order valence-corrected chi connectivity index (χ0v) is 17.4. The van der Waals surface area contributed by atoms with Gasteiger partial charge in [0.25, 0.3) is 5.91 Å². The fraction of sp³-hybridized carbons (Fsp3) is 0.348. The van der Waals surface area contributed by atoms with Crippen LogP contribution in [0, 0.1) is 6.92 Å². The van der Waals surface area contributed by atoms with Crippen LogP contribution in [0.4, 0.5) is 6.01 Å². The monoisotopic (exact) mass is 405 g/mol. The number of rotatable bonds is 6. The molecule has 1 aliphatic rings. The van der Waals surface area contributed by atoms with E-state index in [4.69, 9.17) is 4.42 Å². The maximum atomic E-state index is 12.9. The third kappa shape index (κ3) is 4.86. The van der Waals surface area contributed by atoms with Crippen molar-refractivity contribution in [1.29, 1.82) is 0 Å². The van der Waals surface area contributed by atoms with Gasteiger partial charge in [-0.3, -0.25) is 4.79 Å². The van der Waals surface area contributed by atoms with Gasteiger partial charge in [-0.2, -0.15) is 0 Å². The lowest BCUT2D eigenvalue weighted by atomic mass is 10.0. The number of likely N-dealkylation sites (N-methyl/N-ethyl adjacent to an activating group) is 1. The van der Waals surface area contributed by atoms with Crippen LogP contribution in [0.1, 0.15) is 33.4 Å². The minimum Gasteiger partial charge on any atom is -0.406 e. The number of hydrogen-bond donors (Lipinski definition) is 1. The van der Waals surface area contributed by atoms with Crippen LogP contribution in [0.15, 0.2) is 59.0 Å². The number of piperazine rings is 1. The molecule has 4 rings (SSSR count). The molecule has 7 heteroatoms. The van der Waals surface area contributed by atoms with Gasteiger partial charge in [-0.15, -0.1) is 5.10 Å². The first-order chi connectivity index (χ1) is 14.6. The van der Waals surface area contributed by atoms with Gasteiger partial charge in [0.1, 0.15) is 6.04 Å². The van der Waals surface area contributed by atoms with Gasteiger partial charge in [-0.05, 0) is 31.7 Å². The van der Waals surface area contributed by atoms with Crippen LogP contribution < -0.4 is 10.2 Å². The Morgan fingerprint density at radius 2 is 1.83 bits per heavy atom. The Hall–Kier alpha value is -3.19. The van der Waals surface area contributed by atoms with Crippen LogP contribution in [-0.4, -0.2) is 54.2 Å². The number of carbonyl (C=O) groups is 1. The molecule has 0 bridgehead atoms. The van der Waals surface area contributed by atoms with E-state index in [1.807, 2.05) is 61.5 Å². The fourth-order valence-electron chi connectivity index (χ4n) is 3.57. The number of hydrogen-bond acceptors (Lipinski definition) is 6. The molecule has 7 nitrogen and oxygen atoms in total. The van der Waals surface area contributed by atoms with Crippen molar-refractivity contribution < 1.29 is 9.21 Å². The predicted molar refractivity (Wildman–Crippen MR) is 116 cm³/mol. The molecule has 2 heterocycles. The zero-order valence-electron chi connectivity index (χ0n) is 17.4. The summed E-state index contributed by atoms with van der Waals surface area (Å²) in [6, 6.07) is 17.7. The second-order valence-electron chi connectivity index (χ2n) is 7.80. The van der Waals surface area contributed by atoms with Crippen molar-refractivity contribution in [3.8, 4) is 0 Å². The molecule has 1 aromatic heterocycles. The Bertz CT molecular complexity index is 980. The van der Waals surface area contributed by atoms with E-state index in [2.05, 4.69) is 32.4 Å². The molecule has 1 saturated heterocycles. The van der Waals surface area contributed by atoms with Crippen molar-refractivity contribution in [3.05, 3.63) is 77.2 Å². The van der Waals surface area contributed by atoms with Gasteiger partial charge in [-0.25, -0.2) is 0 Å². The maximum Gasteiger partial charge on any atom is 0.318 e. The molecule has 0 unspecified atom stereocenters. The summed E-state index contributed by atoms with van der Waals surface area (Å²) in [7, 11) is 2.10. The Morgan fingerprint density at radius 1 is 1.07 bits per heavy atom. The lowest BCUT2D eigenvalue weighted by Gasteiger charge is -2.30. The lowest BCUT2D eigenvalue weighted by molar-refractivity contribution is 0.0930. The quantitative estimate of drug-likeness (QED) is 0.680. The molecule has 3 aromatic rings. The van der Waals surface area contributed by atoms with E-state index in [-0.39, 0.29) is 5.91 Å². The molecule has 1 amide bonds. The largest absolute Gasteiger partial charge is 0.406 e. The number of aryl methyl sites for hydroxylation is 1. The molecule has 1 atom stereocenters. The lowest BCUT2D eigenvalue weighted by Crippen LogP contribution is -2.44. The van der Waals surface area contributed by atoms with Gasteiger partial charge >= 0.3 is 6.01 Å². The average Bonchev–Trinajstić information content (AvgIpc) is 3.25. The SMILES string of the molecule is Cc1cccc(C(=O)N[C@@H](Cc2ccccc2)c2nnc(N3CCN(C)CC3)o2)c1. The minimum atomic E-state index is -0.408. The summed E-state index contributed by atoms with van der Waals surface area (Å²) in [5, 5.41) is 11.6. The number of amides is 1. The Kier molecular flexibility index (Phi) is 6.09. The molecular weight excluding hydrogens is 378 g/mol. The molecule has 156 valence electrons. The van der Waals surface area contributed by atoms with Crippen LogP contribution in [0.25, 0.3) is 0 Å². The average molecular weight is 406 g/mol. The molecule has 0 radical (unpaired) electrons. The van der Waals surface area contributed by atoms with Crippen molar-refractivity contribution >= 4 is 11.9 Å². The summed E-state index contributed by atoms with van der Waals surface area (Å²) < 4.78 is 6.02. The Morgan fingerprint density at radius 3 is 2.57 bits per heavy atom. The van der Waals surface area contributed by atoms with E-state index in [1.54, 1.807) is 0 Å². The van der Waals surface area contributed by atoms with Crippen molar-refractivity contribution in [2.24, 2.45) is 0 Å². The molecule has 0 spiro atoms. The number of aromatic nitrogens is 2. The Balaban J connectivity index is 1.55. The highest BCUT2D eigenvalue weighted by Crippen LogP contribution is 2.22. The van der Waals surface area contributed by atoms with E-state index < -0.39 is 6.04 Å². The summed E-state index contributed by atoms with van der Waals surface area (Å²) in [5.74, 6) is 0.271. The summed E-state index contributed by atoms with van der Waals surface area (Å²) in [5.41, 5.74) is 2.75. The summed E-state index contributed by atoms with van der Waals surface area (Å²) in [6.07, 6.45) is 0.572. The summed E-state index contributed by atoms with van der Waals surface area (Å²) in [6.45, 7) is 5.57. The van der Waals surface area contributed by atoms with Crippen LogP contribution in [0.2, 0.25) is 0 Å². The molecule has 30 heavy (non-hydrogen) atoms. The highest BCUT2D eigenvalue weighted by Gasteiger charge is 2.25. The minimum absolute atomic E-state index is 0.154. The molecule has 1 fully saturated rings. The number of nitrogens with one attached hydrogen (secondary N) is 1. The van der Waals surface area contributed by atoms with Crippen molar-refractivity contribution in [2.45, 2.75) is 19.4 Å². The molecule has 2 aromatic carbocycles. The summed E-state index contributed by atoms with van der Waals surface area (Å²) in [4.78, 5) is 17.3. The van der Waals surface area contributed by atoms with Crippen LogP contribution >= 0.6 is 0 Å². The van der Waals surface area contributed by atoms with Crippen LogP contribution in [-0.2, 0) is 6.42 Å². The molecule has 0 aliphatic carbocycles. The summed E-state index contributed by atoms with van der Waals surface area (Å²) >= 11 is 0. The van der Waals surface area contributed by atoms with Gasteiger partial charge in [0.15, 0.2) is 0 Å². The maximum absolute atomic E-state index is 12.9. The highest BCUT2D eigenvalue weighted by molar-refractivity contribution is 5.94. The fourth-order valence-corrected chi connectivity index (χ4v) is 3.57. The highest BCUT2D eigenvalue weighted by atomic mass is 16.4. The molecule has 1 N–H and O–H groups in total. The van der Waals surface area contributed by atoms with Crippen molar-refractivity contribution in [2.75, 3.05) is 38.1 Å². The van der Waals surface area contributed by atoms with Gasteiger partial charge in [0, 0.05) is 38.2 Å². The van der Waals surface area contributed by atoms with Gasteiger partial charge < -0.3 is 19.5 Å². The number of nitrogens with zero attached hydrogens (tertiary/aromatic N) is 4. The topological polar surface area (TPSA) is 74.5 Å². The van der Waals surface area contributed by atoms with E-state index in [0.717, 1.165) is 37.3 Å². The standard InChI is InChI=1S/C23H27N5O2/c1-17-7-6-10-19(15-17)21(29)24-20(16-18-8-4-3-5-9-18)22-25-26-23(30-22)28-13-11-27(2)12-14-28/h3-10,15,20H,11-14,16H2,1-2H3,(H,24,29)/t20-/m0/s1. The van der Waals surface area contributed by atoms with Gasteiger partial charge in [0.2, 0.25) is 5.89 Å². The smallest absolute Gasteiger partial charge is 0.318 e. The number of carbonyl (C=O) groups excluding carboxylic acids is 1. The molecule has 1 aliphatic heterocycles. The van der Waals surface area contributed by atoms with Crippen molar-refractivity contribution in [1.82, 2.24) is 20.4 Å². The third-order valence-electron chi connectivity index (χ3n) is 5.37. The van der Waals surface area contributed by atoms with E-state index in [9.17, 15) is 4.79 Å². The van der Waals surface area contributed by atoms with E-state index in [1.165, 1.54) is 0 Å². The first kappa shape index (κ1) is 20.1. The second kappa shape index (κ2) is 9.09. The van der Waals surface area contributed by atoms with Gasteiger partial charge in [0.05, 0.1) is 0 Å². The number of anilines is 1. The first-order valence-electron chi connectivity index (χ1n) is 10.3. The zero-order chi connectivity index (χ0) is 20.9. The van der Waals surface area contributed by atoms with E-state index >= 15 is 0 Å². The Labute approximate surface area is 176 Å². The first-order valence-corrected chi connectivity index (χ1v) is 10.3.